The summed E-state index contributed by atoms with van der Waals surface area (Å²) in [6, 6.07) is 12.9. The van der Waals surface area contributed by atoms with Gasteiger partial charge in [-0.1, -0.05) is 18.2 Å². The second kappa shape index (κ2) is 7.31. The van der Waals surface area contributed by atoms with Gasteiger partial charge in [0.1, 0.15) is 0 Å². The van der Waals surface area contributed by atoms with Crippen molar-refractivity contribution in [2.24, 2.45) is 5.10 Å². The molecule has 0 radical (unpaired) electrons. The van der Waals surface area contributed by atoms with Crippen LogP contribution in [0.15, 0.2) is 53.1 Å². The van der Waals surface area contributed by atoms with Crippen molar-refractivity contribution in [2.75, 3.05) is 26.3 Å². The molecule has 134 valence electrons. The Morgan fingerprint density at radius 2 is 1.58 bits per heavy atom. The highest BCUT2D eigenvalue weighted by Gasteiger charge is 2.28. The maximum Gasteiger partial charge on any atom is 0.280 e. The number of hydrogen-bond donors (Lipinski definition) is 0. The van der Waals surface area contributed by atoms with E-state index in [4.69, 9.17) is 14.2 Å². The van der Waals surface area contributed by atoms with E-state index in [0.717, 1.165) is 11.3 Å². The van der Waals surface area contributed by atoms with Crippen LogP contribution < -0.4 is 19.2 Å². The van der Waals surface area contributed by atoms with Crippen LogP contribution in [0, 0.1) is 0 Å². The van der Waals surface area contributed by atoms with E-state index >= 15 is 0 Å². The van der Waals surface area contributed by atoms with Gasteiger partial charge in [-0.2, -0.15) is 10.1 Å². The second-order valence-corrected chi connectivity index (χ2v) is 5.65. The molecule has 1 aliphatic rings. The summed E-state index contributed by atoms with van der Waals surface area (Å²) in [4.78, 5) is 12.8. The van der Waals surface area contributed by atoms with Crippen LogP contribution >= 0.6 is 0 Å². The van der Waals surface area contributed by atoms with Crippen molar-refractivity contribution in [1.82, 2.24) is 0 Å². The first-order valence-corrected chi connectivity index (χ1v) is 8.05. The van der Waals surface area contributed by atoms with Crippen LogP contribution in [0.2, 0.25) is 0 Å². The maximum absolute atomic E-state index is 12.8. The van der Waals surface area contributed by atoms with Crippen molar-refractivity contribution in [3.05, 3.63) is 53.6 Å². The predicted molar refractivity (Wildman–Crippen MR) is 101 cm³/mol. The molecule has 0 N–H and O–H groups in total. The van der Waals surface area contributed by atoms with Crippen LogP contribution in [0.3, 0.4) is 0 Å². The van der Waals surface area contributed by atoms with E-state index in [9.17, 15) is 4.79 Å². The van der Waals surface area contributed by atoms with Crippen LogP contribution in [-0.4, -0.2) is 32.9 Å². The summed E-state index contributed by atoms with van der Waals surface area (Å²) in [5.74, 6) is 1.38. The van der Waals surface area contributed by atoms with Gasteiger partial charge in [-0.3, -0.25) is 4.79 Å². The number of carbonyl (C=O) groups excluding carboxylic acids is 1. The minimum atomic E-state index is -0.178. The molecule has 0 atom stereocenters. The van der Waals surface area contributed by atoms with E-state index in [2.05, 4.69) is 5.10 Å². The highest BCUT2D eigenvalue weighted by Crippen LogP contribution is 2.39. The van der Waals surface area contributed by atoms with Gasteiger partial charge in [0.2, 0.25) is 5.75 Å². The lowest BCUT2D eigenvalue weighted by atomic mass is 10.1. The van der Waals surface area contributed by atoms with Crippen molar-refractivity contribution < 1.29 is 19.0 Å². The number of rotatable bonds is 5. The van der Waals surface area contributed by atoms with Gasteiger partial charge in [-0.05, 0) is 42.8 Å². The molecule has 1 aliphatic heterocycles. The first-order chi connectivity index (χ1) is 12.6. The van der Waals surface area contributed by atoms with Crippen molar-refractivity contribution in [3.63, 3.8) is 0 Å². The molecule has 0 saturated carbocycles. The Bertz CT molecular complexity index is 863. The number of hydrazone groups is 1. The Labute approximate surface area is 152 Å². The number of para-hydroxylation sites is 1. The smallest absolute Gasteiger partial charge is 0.280 e. The average Bonchev–Trinajstić information content (AvgIpc) is 2.96. The van der Waals surface area contributed by atoms with Crippen LogP contribution in [0.1, 0.15) is 12.5 Å². The molecule has 2 aromatic rings. The van der Waals surface area contributed by atoms with Gasteiger partial charge < -0.3 is 14.2 Å². The van der Waals surface area contributed by atoms with E-state index in [1.165, 1.54) is 5.01 Å². The zero-order valence-electron chi connectivity index (χ0n) is 15.1. The Morgan fingerprint density at radius 3 is 2.12 bits per heavy atom. The van der Waals surface area contributed by atoms with E-state index in [-0.39, 0.29) is 5.91 Å². The van der Waals surface area contributed by atoms with Crippen molar-refractivity contribution in [1.29, 1.82) is 0 Å². The molecule has 0 unspecified atom stereocenters. The minimum absolute atomic E-state index is 0.178. The third kappa shape index (κ3) is 3.13. The Hall–Kier alpha value is -3.28. The summed E-state index contributed by atoms with van der Waals surface area (Å²) >= 11 is 0. The van der Waals surface area contributed by atoms with E-state index in [1.807, 2.05) is 37.3 Å². The van der Waals surface area contributed by atoms with Crippen molar-refractivity contribution in [3.8, 4) is 17.2 Å². The van der Waals surface area contributed by atoms with Gasteiger partial charge in [-0.25, -0.2) is 0 Å². The molecule has 1 amide bonds. The molecule has 0 fully saturated rings. The summed E-state index contributed by atoms with van der Waals surface area (Å²) in [7, 11) is 4.66. The molecule has 0 aromatic heterocycles. The number of hydrogen-bond acceptors (Lipinski definition) is 5. The fraction of sp³-hybridized carbons (Fsp3) is 0.200. The first kappa shape index (κ1) is 17.5. The van der Waals surface area contributed by atoms with Crippen molar-refractivity contribution in [2.45, 2.75) is 6.92 Å². The zero-order chi connectivity index (χ0) is 18.7. The Balaban J connectivity index is 2.00. The van der Waals surface area contributed by atoms with Crippen LogP contribution in [0.25, 0.3) is 6.08 Å². The molecule has 2 aromatic carbocycles. The number of methoxy groups -OCH3 is 3. The van der Waals surface area contributed by atoms with Gasteiger partial charge in [-0.15, -0.1) is 0 Å². The van der Waals surface area contributed by atoms with Crippen LogP contribution in [-0.2, 0) is 4.79 Å². The van der Waals surface area contributed by atoms with Crippen LogP contribution in [0.4, 0.5) is 5.69 Å². The molecular formula is C20H20N2O4. The van der Waals surface area contributed by atoms with E-state index < -0.39 is 0 Å². The largest absolute Gasteiger partial charge is 0.493 e. The third-order valence-corrected chi connectivity index (χ3v) is 4.06. The normalized spacial score (nSPS) is 15.2. The summed E-state index contributed by atoms with van der Waals surface area (Å²) in [6.45, 7) is 1.81. The summed E-state index contributed by atoms with van der Waals surface area (Å²) in [5.41, 5.74) is 2.65. The van der Waals surface area contributed by atoms with E-state index in [1.54, 1.807) is 39.5 Å². The van der Waals surface area contributed by atoms with Gasteiger partial charge in [0, 0.05) is 0 Å². The average molecular weight is 352 g/mol. The third-order valence-electron chi connectivity index (χ3n) is 4.06. The van der Waals surface area contributed by atoms with Gasteiger partial charge in [0.05, 0.1) is 38.3 Å². The minimum Gasteiger partial charge on any atom is -0.493 e. The molecule has 6 heteroatoms. The van der Waals surface area contributed by atoms with Crippen LogP contribution in [0.5, 0.6) is 17.2 Å². The lowest BCUT2D eigenvalue weighted by Crippen LogP contribution is -2.21. The van der Waals surface area contributed by atoms with Gasteiger partial charge >= 0.3 is 0 Å². The van der Waals surface area contributed by atoms with Gasteiger partial charge in [0.25, 0.3) is 5.91 Å². The first-order valence-electron chi connectivity index (χ1n) is 8.05. The molecule has 1 heterocycles. The number of benzene rings is 2. The highest BCUT2D eigenvalue weighted by atomic mass is 16.5. The Morgan fingerprint density at radius 1 is 0.962 bits per heavy atom. The lowest BCUT2D eigenvalue weighted by molar-refractivity contribution is -0.114. The standard InChI is InChI=1S/C20H20N2O4/c1-13-16(20(23)22(21-13)15-8-6-5-7-9-15)10-14-11-17(24-2)19(26-4)18(12-14)25-3/h5-12H,1-4H3/b16-10-. The molecule has 0 saturated heterocycles. The molecule has 6 nitrogen and oxygen atoms in total. The molecule has 0 bridgehead atoms. The molecule has 26 heavy (non-hydrogen) atoms. The maximum atomic E-state index is 12.8. The number of anilines is 1. The number of carbonyl (C=O) groups is 1. The fourth-order valence-corrected chi connectivity index (χ4v) is 2.78. The molecular weight excluding hydrogens is 332 g/mol. The Kier molecular flexibility index (Phi) is 4.93. The molecule has 3 rings (SSSR count). The second-order valence-electron chi connectivity index (χ2n) is 5.65. The number of ether oxygens (including phenoxy) is 3. The number of amides is 1. The highest BCUT2D eigenvalue weighted by molar-refractivity contribution is 6.32. The van der Waals surface area contributed by atoms with E-state index in [0.29, 0.717) is 28.5 Å². The molecule has 0 aliphatic carbocycles. The summed E-state index contributed by atoms with van der Waals surface area (Å²) in [6.07, 6.45) is 1.77. The summed E-state index contributed by atoms with van der Waals surface area (Å²) in [5, 5.41) is 5.78. The SMILES string of the molecule is COc1cc(/C=C2\C(=O)N(c3ccccc3)N=C2C)cc(OC)c1OC. The summed E-state index contributed by atoms with van der Waals surface area (Å²) < 4.78 is 16.1. The molecule has 0 spiro atoms. The number of nitrogens with zero attached hydrogens (tertiary/aromatic N) is 2. The topological polar surface area (TPSA) is 60.4 Å². The predicted octanol–water partition coefficient (Wildman–Crippen LogP) is 3.52. The zero-order valence-corrected chi connectivity index (χ0v) is 15.1. The lowest BCUT2D eigenvalue weighted by Gasteiger charge is -2.13. The fourth-order valence-electron chi connectivity index (χ4n) is 2.78. The monoisotopic (exact) mass is 352 g/mol. The van der Waals surface area contributed by atoms with Crippen molar-refractivity contribution >= 4 is 23.4 Å². The quantitative estimate of drug-likeness (QED) is 0.773. The van der Waals surface area contributed by atoms with Gasteiger partial charge in [0.15, 0.2) is 11.5 Å².